The zero-order valence-electron chi connectivity index (χ0n) is 21.2. The highest BCUT2D eigenvalue weighted by atomic mass is 16.6. The van der Waals surface area contributed by atoms with Crippen LogP contribution in [-0.2, 0) is 28.7 Å². The smallest absolute Gasteiger partial charge is 0.392 e. The highest BCUT2D eigenvalue weighted by Gasteiger charge is 2.42. The Balaban J connectivity index is 1.74. The van der Waals surface area contributed by atoms with E-state index in [1.165, 1.54) is 13.8 Å². The van der Waals surface area contributed by atoms with Crippen molar-refractivity contribution < 1.29 is 38.5 Å². The van der Waals surface area contributed by atoms with E-state index >= 15 is 0 Å². The number of ether oxygens (including phenoxy) is 2. The van der Waals surface area contributed by atoms with Crippen LogP contribution in [0.25, 0.3) is 0 Å². The fourth-order valence-corrected chi connectivity index (χ4v) is 5.14. The first kappa shape index (κ1) is 29.9. The largest absolute Gasteiger partial charge is 0.460 e. The first-order chi connectivity index (χ1) is 17.6. The summed E-state index contributed by atoms with van der Waals surface area (Å²) >= 11 is 0. The molecule has 0 aromatic rings. The fraction of sp³-hybridized carbons (Fsp3) is 0.826. The van der Waals surface area contributed by atoms with Crippen LogP contribution in [-0.4, -0.2) is 71.0 Å². The van der Waals surface area contributed by atoms with E-state index in [4.69, 9.17) is 0 Å². The normalized spacial score (nSPS) is 25.1. The second-order valence-corrected chi connectivity index (χ2v) is 9.57. The summed E-state index contributed by atoms with van der Waals surface area (Å²) in [6, 6.07) is -4.60. The van der Waals surface area contributed by atoms with Crippen LogP contribution < -0.4 is 10.6 Å². The van der Waals surface area contributed by atoms with E-state index in [1.807, 2.05) is 0 Å². The minimum Gasteiger partial charge on any atom is -0.460 e. The van der Waals surface area contributed by atoms with Gasteiger partial charge >= 0.3 is 35.8 Å². The number of esters is 2. The molecule has 2 amide bonds. The average Bonchev–Trinajstić information content (AvgIpc) is 2.81. The second-order valence-electron chi connectivity index (χ2n) is 9.57. The van der Waals surface area contributed by atoms with Crippen LogP contribution in [0.2, 0.25) is 0 Å². The average molecular weight is 529 g/mol. The number of rotatable bonds is 12. The molecular formula is C23H36N4O10. The third kappa shape index (κ3) is 8.93. The standard InChI is InChI=1S/C23H36N4O10/c1-3-36-22(30)18(26(32)33)20(28)24-16-9-5-14(6-10-16)13-15-7-11-17(12-8-15)25-21(29)19(27(34)35)23(31)37-4-2/h14-19H,3-13H2,1-2H3,(H,24,28)(H,25,29). The fourth-order valence-electron chi connectivity index (χ4n) is 5.14. The van der Waals surface area contributed by atoms with E-state index in [9.17, 15) is 39.4 Å². The van der Waals surface area contributed by atoms with Crippen molar-refractivity contribution in [2.24, 2.45) is 11.8 Å². The summed E-state index contributed by atoms with van der Waals surface area (Å²) in [5, 5.41) is 27.5. The van der Waals surface area contributed by atoms with Gasteiger partial charge in [0, 0.05) is 21.9 Å². The Morgan fingerprint density at radius 2 is 1.03 bits per heavy atom. The van der Waals surface area contributed by atoms with Crippen molar-refractivity contribution in [1.29, 1.82) is 0 Å². The summed E-state index contributed by atoms with van der Waals surface area (Å²) in [5.41, 5.74) is 0. The highest BCUT2D eigenvalue weighted by Crippen LogP contribution is 2.35. The molecule has 14 heteroatoms. The lowest BCUT2D eigenvalue weighted by molar-refractivity contribution is -0.496. The lowest BCUT2D eigenvalue weighted by Crippen LogP contribution is -2.50. The molecule has 2 atom stereocenters. The quantitative estimate of drug-likeness (QED) is 0.160. The van der Waals surface area contributed by atoms with Crippen molar-refractivity contribution >= 4 is 23.8 Å². The van der Waals surface area contributed by atoms with Crippen molar-refractivity contribution in [1.82, 2.24) is 10.6 Å². The molecule has 14 nitrogen and oxygen atoms in total. The van der Waals surface area contributed by atoms with Gasteiger partial charge in [-0.25, -0.2) is 9.59 Å². The predicted molar refractivity (Wildman–Crippen MR) is 127 cm³/mol. The van der Waals surface area contributed by atoms with E-state index in [0.29, 0.717) is 37.5 Å². The van der Waals surface area contributed by atoms with Crippen molar-refractivity contribution in [2.75, 3.05) is 13.2 Å². The van der Waals surface area contributed by atoms with Gasteiger partial charge < -0.3 is 20.1 Å². The summed E-state index contributed by atoms with van der Waals surface area (Å²) < 4.78 is 9.27. The van der Waals surface area contributed by atoms with Gasteiger partial charge in [0.25, 0.3) is 0 Å². The molecule has 208 valence electrons. The maximum atomic E-state index is 12.3. The van der Waals surface area contributed by atoms with Gasteiger partial charge in [0.15, 0.2) is 0 Å². The second kappa shape index (κ2) is 14.4. The maximum Gasteiger partial charge on any atom is 0.392 e. The maximum absolute atomic E-state index is 12.3. The molecule has 0 bridgehead atoms. The van der Waals surface area contributed by atoms with Gasteiger partial charge in [-0.3, -0.25) is 29.8 Å². The van der Waals surface area contributed by atoms with Crippen molar-refractivity contribution in [3.05, 3.63) is 20.2 Å². The molecule has 2 unspecified atom stereocenters. The van der Waals surface area contributed by atoms with Crippen molar-refractivity contribution in [3.63, 3.8) is 0 Å². The van der Waals surface area contributed by atoms with Gasteiger partial charge in [-0.1, -0.05) is 0 Å². The van der Waals surface area contributed by atoms with Crippen LogP contribution in [0.3, 0.4) is 0 Å². The molecule has 0 radical (unpaired) electrons. The molecule has 2 N–H and O–H groups in total. The highest BCUT2D eigenvalue weighted by molar-refractivity contribution is 6.01. The molecule has 0 aromatic heterocycles. The van der Waals surface area contributed by atoms with E-state index in [2.05, 4.69) is 20.1 Å². The molecule has 2 aliphatic rings. The van der Waals surface area contributed by atoms with Gasteiger partial charge in [0.2, 0.25) is 0 Å². The Kier molecular flexibility index (Phi) is 11.7. The third-order valence-corrected chi connectivity index (χ3v) is 6.99. The number of amides is 2. The van der Waals surface area contributed by atoms with Gasteiger partial charge in [0.05, 0.1) is 13.2 Å². The van der Waals surface area contributed by atoms with Gasteiger partial charge in [-0.15, -0.1) is 0 Å². The lowest BCUT2D eigenvalue weighted by Gasteiger charge is -2.34. The van der Waals surface area contributed by atoms with E-state index < -0.39 is 45.7 Å². The summed E-state index contributed by atoms with van der Waals surface area (Å²) in [4.78, 5) is 68.5. The number of hydrogen-bond acceptors (Lipinski definition) is 10. The van der Waals surface area contributed by atoms with Crippen molar-refractivity contribution in [3.8, 4) is 0 Å². The molecule has 0 aliphatic heterocycles. The number of carbonyl (C=O) groups is 4. The number of hydrogen-bond donors (Lipinski definition) is 2. The Morgan fingerprint density at radius 3 is 1.30 bits per heavy atom. The molecule has 2 saturated carbocycles. The van der Waals surface area contributed by atoms with Gasteiger partial charge in [-0.05, 0) is 83.5 Å². The Hall–Kier alpha value is -3.32. The molecular weight excluding hydrogens is 492 g/mol. The topological polar surface area (TPSA) is 197 Å². The molecule has 2 rings (SSSR count). The van der Waals surface area contributed by atoms with E-state index in [-0.39, 0.29) is 25.3 Å². The number of nitro groups is 2. The first-order valence-corrected chi connectivity index (χ1v) is 12.8. The number of carbonyl (C=O) groups excluding carboxylic acids is 4. The summed E-state index contributed by atoms with van der Waals surface area (Å²) in [7, 11) is 0. The molecule has 0 saturated heterocycles. The Morgan fingerprint density at radius 1 is 0.703 bits per heavy atom. The predicted octanol–water partition coefficient (Wildman–Crippen LogP) is 1.14. The minimum atomic E-state index is -2.06. The van der Waals surface area contributed by atoms with Gasteiger partial charge in [-0.2, -0.15) is 0 Å². The molecule has 2 fully saturated rings. The zero-order valence-corrected chi connectivity index (χ0v) is 21.2. The molecule has 0 heterocycles. The first-order valence-electron chi connectivity index (χ1n) is 12.8. The molecule has 0 aromatic carbocycles. The van der Waals surface area contributed by atoms with Crippen LogP contribution in [0.1, 0.15) is 71.6 Å². The number of nitrogens with one attached hydrogen (secondary N) is 2. The SMILES string of the molecule is CCOC(=O)C(C(=O)NC1CCC(CC2CCC(NC(=O)C(C(=O)OCC)[N+](=O)[O-])CC2)CC1)[N+](=O)[O-]. The molecule has 0 spiro atoms. The summed E-state index contributed by atoms with van der Waals surface area (Å²) in [6.07, 6.45) is 6.97. The Labute approximate surface area is 214 Å². The van der Waals surface area contributed by atoms with E-state index in [0.717, 1.165) is 32.1 Å². The lowest BCUT2D eigenvalue weighted by atomic mass is 9.75. The zero-order chi connectivity index (χ0) is 27.5. The monoisotopic (exact) mass is 528 g/mol. The van der Waals surface area contributed by atoms with Crippen LogP contribution in [0.4, 0.5) is 0 Å². The Bertz CT molecular complexity index is 782. The minimum absolute atomic E-state index is 0.0527. The summed E-state index contributed by atoms with van der Waals surface area (Å²) in [5.74, 6) is -3.36. The van der Waals surface area contributed by atoms with Crippen LogP contribution in [0.15, 0.2) is 0 Å². The van der Waals surface area contributed by atoms with E-state index in [1.54, 1.807) is 0 Å². The molecule has 2 aliphatic carbocycles. The van der Waals surface area contributed by atoms with Gasteiger partial charge in [0.1, 0.15) is 0 Å². The third-order valence-electron chi connectivity index (χ3n) is 6.99. The van der Waals surface area contributed by atoms with Crippen molar-refractivity contribution in [2.45, 2.75) is 95.8 Å². The van der Waals surface area contributed by atoms with Crippen LogP contribution in [0.5, 0.6) is 0 Å². The van der Waals surface area contributed by atoms with Crippen LogP contribution in [0, 0.1) is 32.1 Å². The summed E-state index contributed by atoms with van der Waals surface area (Å²) in [6.45, 7) is 2.91. The van der Waals surface area contributed by atoms with Crippen LogP contribution >= 0.6 is 0 Å². The number of nitrogens with zero attached hydrogens (tertiary/aromatic N) is 2. The molecule has 37 heavy (non-hydrogen) atoms.